The van der Waals surface area contributed by atoms with Gasteiger partial charge in [0.2, 0.25) is 0 Å². The van der Waals surface area contributed by atoms with Crippen molar-refractivity contribution in [2.24, 2.45) is 4.99 Å². The van der Waals surface area contributed by atoms with E-state index >= 15 is 0 Å². The van der Waals surface area contributed by atoms with Crippen LogP contribution in [-0.2, 0) is 9.47 Å². The van der Waals surface area contributed by atoms with Gasteiger partial charge in [0, 0.05) is 58.5 Å². The summed E-state index contributed by atoms with van der Waals surface area (Å²) < 4.78 is 10.7. The van der Waals surface area contributed by atoms with E-state index in [1.54, 1.807) is 7.11 Å². The third-order valence-corrected chi connectivity index (χ3v) is 6.02. The van der Waals surface area contributed by atoms with Crippen LogP contribution < -0.4 is 10.6 Å². The number of hydrogen-bond donors (Lipinski definition) is 2. The van der Waals surface area contributed by atoms with Gasteiger partial charge in [0.05, 0.1) is 19.8 Å². The number of ether oxygens (including phenoxy) is 2. The Labute approximate surface area is 172 Å². The molecule has 1 heterocycles. The molecule has 1 saturated carbocycles. The van der Waals surface area contributed by atoms with Crippen molar-refractivity contribution in [2.75, 3.05) is 79.8 Å². The van der Waals surface area contributed by atoms with Crippen molar-refractivity contribution >= 4 is 5.96 Å². The Morgan fingerprint density at radius 2 is 1.89 bits per heavy atom. The molecule has 0 atom stereocenters. The first-order valence-electron chi connectivity index (χ1n) is 11.2. The fourth-order valence-electron chi connectivity index (χ4n) is 4.35. The molecule has 7 nitrogen and oxygen atoms in total. The summed E-state index contributed by atoms with van der Waals surface area (Å²) in [6, 6.07) is 0. The Balaban J connectivity index is 1.87. The predicted octanol–water partition coefficient (Wildman–Crippen LogP) is 1.54. The second kappa shape index (κ2) is 13.4. The van der Waals surface area contributed by atoms with Crippen LogP contribution in [0.25, 0.3) is 0 Å². The minimum Gasteiger partial charge on any atom is -0.385 e. The molecule has 0 aromatic carbocycles. The monoisotopic (exact) mass is 397 g/mol. The zero-order valence-corrected chi connectivity index (χ0v) is 18.5. The third kappa shape index (κ3) is 7.85. The van der Waals surface area contributed by atoms with Gasteiger partial charge in [-0.15, -0.1) is 0 Å². The average Bonchev–Trinajstić information content (AvgIpc) is 2.73. The minimum atomic E-state index is 0.224. The Morgan fingerprint density at radius 1 is 1.14 bits per heavy atom. The van der Waals surface area contributed by atoms with Crippen molar-refractivity contribution in [3.8, 4) is 0 Å². The van der Waals surface area contributed by atoms with E-state index in [0.717, 1.165) is 78.0 Å². The number of aliphatic imine (C=N–C) groups is 1. The van der Waals surface area contributed by atoms with E-state index in [9.17, 15) is 0 Å². The first-order chi connectivity index (χ1) is 13.7. The van der Waals surface area contributed by atoms with Gasteiger partial charge in [0.1, 0.15) is 0 Å². The SMILES string of the molecule is CCNC(=NCC1(N2CCOCC2)CCCCC1)NCCN(C)CCCOC. The van der Waals surface area contributed by atoms with Crippen molar-refractivity contribution in [1.82, 2.24) is 20.4 Å². The van der Waals surface area contributed by atoms with Crippen LogP contribution in [0, 0.1) is 0 Å². The van der Waals surface area contributed by atoms with Crippen LogP contribution >= 0.6 is 0 Å². The van der Waals surface area contributed by atoms with Gasteiger partial charge in [0.15, 0.2) is 5.96 Å². The Hall–Kier alpha value is -0.890. The molecule has 1 aliphatic carbocycles. The van der Waals surface area contributed by atoms with Crippen molar-refractivity contribution in [2.45, 2.75) is 51.0 Å². The Morgan fingerprint density at radius 3 is 2.57 bits per heavy atom. The third-order valence-electron chi connectivity index (χ3n) is 6.02. The summed E-state index contributed by atoms with van der Waals surface area (Å²) in [6.45, 7) is 11.5. The van der Waals surface area contributed by atoms with Gasteiger partial charge >= 0.3 is 0 Å². The lowest BCUT2D eigenvalue weighted by molar-refractivity contribution is -0.0333. The average molecular weight is 398 g/mol. The van der Waals surface area contributed by atoms with E-state index in [1.807, 2.05) is 0 Å². The molecule has 0 radical (unpaired) electrons. The second-order valence-electron chi connectivity index (χ2n) is 8.16. The first kappa shape index (κ1) is 23.4. The van der Waals surface area contributed by atoms with Gasteiger partial charge in [0.25, 0.3) is 0 Å². The molecule has 0 aromatic heterocycles. The zero-order chi connectivity index (χ0) is 20.1. The predicted molar refractivity (Wildman–Crippen MR) is 116 cm³/mol. The Kier molecular flexibility index (Phi) is 11.2. The van der Waals surface area contributed by atoms with Crippen LogP contribution in [0.4, 0.5) is 0 Å². The zero-order valence-electron chi connectivity index (χ0n) is 18.5. The number of guanidine groups is 1. The highest BCUT2D eigenvalue weighted by Crippen LogP contribution is 2.34. The molecule has 7 heteroatoms. The molecule has 0 bridgehead atoms. The van der Waals surface area contributed by atoms with Gasteiger partial charge in [-0.25, -0.2) is 0 Å². The molecule has 28 heavy (non-hydrogen) atoms. The van der Waals surface area contributed by atoms with Gasteiger partial charge in [-0.2, -0.15) is 0 Å². The molecule has 2 rings (SSSR count). The lowest BCUT2D eigenvalue weighted by Crippen LogP contribution is -2.56. The molecule has 2 N–H and O–H groups in total. The van der Waals surface area contributed by atoms with Crippen molar-refractivity contribution < 1.29 is 9.47 Å². The number of nitrogens with zero attached hydrogens (tertiary/aromatic N) is 3. The summed E-state index contributed by atoms with van der Waals surface area (Å²) in [5.74, 6) is 0.950. The van der Waals surface area contributed by atoms with Crippen LogP contribution in [0.15, 0.2) is 4.99 Å². The number of hydrogen-bond acceptors (Lipinski definition) is 5. The molecule has 1 aliphatic heterocycles. The maximum absolute atomic E-state index is 5.60. The van der Waals surface area contributed by atoms with Crippen LogP contribution in [-0.4, -0.2) is 101 Å². The highest BCUT2D eigenvalue weighted by molar-refractivity contribution is 5.79. The molecular formula is C21H43N5O2. The van der Waals surface area contributed by atoms with Crippen LogP contribution in [0.2, 0.25) is 0 Å². The highest BCUT2D eigenvalue weighted by Gasteiger charge is 2.38. The van der Waals surface area contributed by atoms with Gasteiger partial charge < -0.3 is 25.0 Å². The van der Waals surface area contributed by atoms with Gasteiger partial charge in [-0.05, 0) is 33.2 Å². The molecule has 0 amide bonds. The topological polar surface area (TPSA) is 61.4 Å². The van der Waals surface area contributed by atoms with E-state index < -0.39 is 0 Å². The molecule has 0 spiro atoms. The van der Waals surface area contributed by atoms with Crippen LogP contribution in [0.3, 0.4) is 0 Å². The summed E-state index contributed by atoms with van der Waals surface area (Å²) in [5.41, 5.74) is 0.224. The molecule has 164 valence electrons. The first-order valence-corrected chi connectivity index (χ1v) is 11.2. The maximum Gasteiger partial charge on any atom is 0.191 e. The van der Waals surface area contributed by atoms with Crippen LogP contribution in [0.1, 0.15) is 45.4 Å². The van der Waals surface area contributed by atoms with Crippen molar-refractivity contribution in [3.63, 3.8) is 0 Å². The largest absolute Gasteiger partial charge is 0.385 e. The van der Waals surface area contributed by atoms with Gasteiger partial charge in [-0.1, -0.05) is 19.3 Å². The lowest BCUT2D eigenvalue weighted by atomic mass is 9.80. The quantitative estimate of drug-likeness (QED) is 0.313. The summed E-state index contributed by atoms with van der Waals surface area (Å²) in [5, 5.41) is 6.95. The molecule has 1 saturated heterocycles. The van der Waals surface area contributed by atoms with Gasteiger partial charge in [-0.3, -0.25) is 9.89 Å². The normalized spacial score (nSPS) is 21.1. The summed E-state index contributed by atoms with van der Waals surface area (Å²) in [6.07, 6.45) is 7.61. The van der Waals surface area contributed by atoms with E-state index in [4.69, 9.17) is 14.5 Å². The fourth-order valence-corrected chi connectivity index (χ4v) is 4.35. The standard InChI is InChI=1S/C21H43N5O2/c1-4-22-20(23-11-13-25(2)12-8-16-27-3)24-19-21(9-6-5-7-10-21)26-14-17-28-18-15-26/h4-19H2,1-3H3,(H2,22,23,24). The second-order valence-corrected chi connectivity index (χ2v) is 8.16. The summed E-state index contributed by atoms with van der Waals surface area (Å²) >= 11 is 0. The van der Waals surface area contributed by atoms with Crippen LogP contribution in [0.5, 0.6) is 0 Å². The number of rotatable bonds is 11. The van der Waals surface area contributed by atoms with E-state index in [1.165, 1.54) is 32.1 Å². The van der Waals surface area contributed by atoms with Crippen molar-refractivity contribution in [3.05, 3.63) is 0 Å². The number of morpholine rings is 1. The molecule has 2 aliphatic rings. The van der Waals surface area contributed by atoms with E-state index in [0.29, 0.717) is 0 Å². The molecule has 2 fully saturated rings. The molecular weight excluding hydrogens is 354 g/mol. The molecule has 0 aromatic rings. The smallest absolute Gasteiger partial charge is 0.191 e. The number of likely N-dealkylation sites (N-methyl/N-ethyl adjacent to an activating group) is 1. The van der Waals surface area contributed by atoms with E-state index in [-0.39, 0.29) is 5.54 Å². The summed E-state index contributed by atoms with van der Waals surface area (Å²) in [7, 11) is 3.92. The fraction of sp³-hybridized carbons (Fsp3) is 0.952. The number of nitrogens with one attached hydrogen (secondary N) is 2. The molecule has 0 unspecified atom stereocenters. The highest BCUT2D eigenvalue weighted by atomic mass is 16.5. The lowest BCUT2D eigenvalue weighted by Gasteiger charge is -2.47. The minimum absolute atomic E-state index is 0.224. The van der Waals surface area contributed by atoms with Crippen molar-refractivity contribution in [1.29, 1.82) is 0 Å². The maximum atomic E-state index is 5.60. The number of methoxy groups -OCH3 is 1. The Bertz CT molecular complexity index is 435. The summed E-state index contributed by atoms with van der Waals surface area (Å²) in [4.78, 5) is 10.0. The van der Waals surface area contributed by atoms with E-state index in [2.05, 4.69) is 34.4 Å².